The molecular formula is C27H26N4O3S. The van der Waals surface area contributed by atoms with Crippen molar-refractivity contribution < 1.29 is 14.6 Å². The number of rotatable bonds is 9. The van der Waals surface area contributed by atoms with Crippen molar-refractivity contribution in [3.63, 3.8) is 0 Å². The van der Waals surface area contributed by atoms with Crippen molar-refractivity contribution in [1.29, 1.82) is 0 Å². The van der Waals surface area contributed by atoms with Gasteiger partial charge in [0.15, 0.2) is 11.5 Å². The molecule has 1 aromatic heterocycles. The number of ether oxygens (including phenoxy) is 1. The lowest BCUT2D eigenvalue weighted by atomic mass is 10.1. The van der Waals surface area contributed by atoms with Crippen LogP contribution in [0, 0.1) is 6.92 Å². The van der Waals surface area contributed by atoms with Crippen molar-refractivity contribution in [1.82, 2.24) is 4.98 Å². The first-order valence-corrected chi connectivity index (χ1v) is 12.0. The molecule has 0 saturated carbocycles. The van der Waals surface area contributed by atoms with E-state index in [1.165, 1.54) is 11.3 Å². The molecule has 0 aliphatic heterocycles. The first-order valence-electron chi connectivity index (χ1n) is 11.2. The van der Waals surface area contributed by atoms with Gasteiger partial charge in [0, 0.05) is 5.56 Å². The lowest BCUT2D eigenvalue weighted by molar-refractivity contribution is -0.115. The van der Waals surface area contributed by atoms with E-state index < -0.39 is 0 Å². The summed E-state index contributed by atoms with van der Waals surface area (Å²) in [5.41, 5.74) is 7.36. The normalized spacial score (nSPS) is 10.9. The van der Waals surface area contributed by atoms with Crippen LogP contribution < -0.4 is 15.5 Å². The number of phenolic OH excluding ortho intramolecular Hbond substituents is 1. The fourth-order valence-corrected chi connectivity index (χ4v) is 4.21. The van der Waals surface area contributed by atoms with E-state index in [4.69, 9.17) is 4.74 Å². The Labute approximate surface area is 208 Å². The maximum Gasteiger partial charge on any atom is 0.229 e. The summed E-state index contributed by atoms with van der Waals surface area (Å²) in [7, 11) is 0. The van der Waals surface area contributed by atoms with Crippen LogP contribution in [-0.4, -0.2) is 28.8 Å². The number of benzene rings is 3. The molecule has 0 radical (unpaired) electrons. The molecule has 0 aliphatic rings. The van der Waals surface area contributed by atoms with E-state index in [0.29, 0.717) is 28.2 Å². The maximum absolute atomic E-state index is 12.7. The molecule has 0 bridgehead atoms. The minimum absolute atomic E-state index is 0.0792. The van der Waals surface area contributed by atoms with Gasteiger partial charge in [-0.2, -0.15) is 5.10 Å². The average Bonchev–Trinajstić information content (AvgIpc) is 3.24. The summed E-state index contributed by atoms with van der Waals surface area (Å²) in [6.07, 6.45) is 1.89. The number of thiazole rings is 1. The van der Waals surface area contributed by atoms with E-state index in [-0.39, 0.29) is 18.1 Å². The summed E-state index contributed by atoms with van der Waals surface area (Å²) < 4.78 is 5.42. The van der Waals surface area contributed by atoms with E-state index >= 15 is 0 Å². The van der Waals surface area contributed by atoms with Crippen molar-refractivity contribution in [2.75, 3.05) is 17.3 Å². The number of aryl methyl sites for hydroxylation is 1. The first kappa shape index (κ1) is 24.0. The molecule has 4 aromatic rings. The van der Waals surface area contributed by atoms with Gasteiger partial charge >= 0.3 is 0 Å². The van der Waals surface area contributed by atoms with Gasteiger partial charge in [-0.05, 0) is 43.2 Å². The van der Waals surface area contributed by atoms with E-state index in [0.717, 1.165) is 22.3 Å². The molecule has 1 amide bonds. The third-order valence-electron chi connectivity index (χ3n) is 5.07. The summed E-state index contributed by atoms with van der Waals surface area (Å²) in [5.74, 6) is 0.363. The van der Waals surface area contributed by atoms with Crippen LogP contribution in [0.3, 0.4) is 0 Å². The molecule has 35 heavy (non-hydrogen) atoms. The number of hydrogen-bond donors (Lipinski definition) is 3. The van der Waals surface area contributed by atoms with E-state index in [1.54, 1.807) is 24.4 Å². The number of nitrogens with one attached hydrogen (secondary N) is 2. The van der Waals surface area contributed by atoms with Crippen molar-refractivity contribution in [2.24, 2.45) is 5.10 Å². The fraction of sp³-hybridized carbons (Fsp3) is 0.148. The Hall–Kier alpha value is -4.17. The molecule has 0 saturated heterocycles. The Morgan fingerprint density at radius 2 is 1.89 bits per heavy atom. The van der Waals surface area contributed by atoms with Crippen LogP contribution in [-0.2, 0) is 11.2 Å². The predicted molar refractivity (Wildman–Crippen MR) is 142 cm³/mol. The molecule has 178 valence electrons. The van der Waals surface area contributed by atoms with Crippen molar-refractivity contribution >= 4 is 33.6 Å². The zero-order chi connectivity index (χ0) is 24.6. The molecule has 8 heteroatoms. The summed E-state index contributed by atoms with van der Waals surface area (Å²) in [6, 6.07) is 22.6. The molecule has 0 fully saturated rings. The van der Waals surface area contributed by atoms with E-state index in [2.05, 4.69) is 20.8 Å². The highest BCUT2D eigenvalue weighted by atomic mass is 32.1. The fourth-order valence-electron chi connectivity index (χ4n) is 3.36. The SMILES string of the molecule is CCOc1cc(/C=N/Nc2nc(-c3ccc(C)cc3)c(NC(=O)Cc3ccccc3)s2)ccc1O. The lowest BCUT2D eigenvalue weighted by Gasteiger charge is -2.06. The number of amides is 1. The lowest BCUT2D eigenvalue weighted by Crippen LogP contribution is -2.14. The quantitative estimate of drug-likeness (QED) is 0.204. The van der Waals surface area contributed by atoms with Gasteiger partial charge in [0.05, 0.1) is 19.2 Å². The van der Waals surface area contributed by atoms with Gasteiger partial charge < -0.3 is 15.2 Å². The Kier molecular flexibility index (Phi) is 7.74. The molecule has 3 N–H and O–H groups in total. The molecule has 0 atom stereocenters. The second kappa shape index (κ2) is 11.3. The largest absolute Gasteiger partial charge is 0.504 e. The highest BCUT2D eigenvalue weighted by Gasteiger charge is 2.16. The van der Waals surface area contributed by atoms with Gasteiger partial charge in [-0.15, -0.1) is 0 Å². The predicted octanol–water partition coefficient (Wildman–Crippen LogP) is 5.85. The van der Waals surface area contributed by atoms with Gasteiger partial charge in [-0.3, -0.25) is 10.2 Å². The van der Waals surface area contributed by atoms with Crippen LogP contribution in [0.15, 0.2) is 77.9 Å². The smallest absolute Gasteiger partial charge is 0.229 e. The molecule has 1 heterocycles. The Bertz CT molecular complexity index is 1320. The molecule has 7 nitrogen and oxygen atoms in total. The third kappa shape index (κ3) is 6.45. The van der Waals surface area contributed by atoms with Gasteiger partial charge in [0.25, 0.3) is 0 Å². The van der Waals surface area contributed by atoms with Gasteiger partial charge in [0.1, 0.15) is 10.7 Å². The minimum Gasteiger partial charge on any atom is -0.504 e. The van der Waals surface area contributed by atoms with Crippen molar-refractivity contribution in [3.8, 4) is 22.8 Å². The molecule has 0 unspecified atom stereocenters. The zero-order valence-electron chi connectivity index (χ0n) is 19.5. The minimum atomic E-state index is -0.115. The van der Waals surface area contributed by atoms with Gasteiger partial charge in [-0.1, -0.05) is 71.5 Å². The first-order chi connectivity index (χ1) is 17.0. The van der Waals surface area contributed by atoms with E-state index in [1.807, 2.05) is 68.4 Å². The highest BCUT2D eigenvalue weighted by molar-refractivity contribution is 7.20. The summed E-state index contributed by atoms with van der Waals surface area (Å²) >= 11 is 1.31. The van der Waals surface area contributed by atoms with Gasteiger partial charge in [0.2, 0.25) is 11.0 Å². The van der Waals surface area contributed by atoms with Gasteiger partial charge in [-0.25, -0.2) is 4.98 Å². The van der Waals surface area contributed by atoms with Crippen LogP contribution in [0.5, 0.6) is 11.5 Å². The number of anilines is 2. The number of aromatic nitrogens is 1. The number of carbonyl (C=O) groups excluding carboxylic acids is 1. The molecule has 4 rings (SSSR count). The van der Waals surface area contributed by atoms with Crippen LogP contribution >= 0.6 is 11.3 Å². The maximum atomic E-state index is 12.7. The number of aromatic hydroxyl groups is 1. The molecule has 3 aromatic carbocycles. The molecular weight excluding hydrogens is 460 g/mol. The van der Waals surface area contributed by atoms with Crippen molar-refractivity contribution in [2.45, 2.75) is 20.3 Å². The van der Waals surface area contributed by atoms with Crippen molar-refractivity contribution in [3.05, 3.63) is 89.5 Å². The van der Waals surface area contributed by atoms with Crippen LogP contribution in [0.25, 0.3) is 11.3 Å². The second-order valence-electron chi connectivity index (χ2n) is 7.80. The third-order valence-corrected chi connectivity index (χ3v) is 5.95. The number of carbonyl (C=O) groups is 1. The second-order valence-corrected chi connectivity index (χ2v) is 8.80. The standard InChI is InChI=1S/C27H26N4O3S/c1-3-34-23-15-20(11-14-22(23)32)17-28-31-27-30-25(21-12-9-18(2)10-13-21)26(35-27)29-24(33)16-19-7-5-4-6-8-19/h4-15,17,32H,3,16H2,1-2H3,(H,29,33)(H,30,31)/b28-17+. The number of hydrazone groups is 1. The van der Waals surface area contributed by atoms with Crippen LogP contribution in [0.1, 0.15) is 23.6 Å². The monoisotopic (exact) mass is 486 g/mol. The topological polar surface area (TPSA) is 95.8 Å². The number of hydrogen-bond acceptors (Lipinski definition) is 7. The summed E-state index contributed by atoms with van der Waals surface area (Å²) in [4.78, 5) is 17.4. The average molecular weight is 487 g/mol. The Morgan fingerprint density at radius 1 is 1.11 bits per heavy atom. The zero-order valence-corrected chi connectivity index (χ0v) is 20.3. The number of nitrogens with zero attached hydrogens (tertiary/aromatic N) is 2. The van der Waals surface area contributed by atoms with Crippen LogP contribution in [0.2, 0.25) is 0 Å². The van der Waals surface area contributed by atoms with Crippen LogP contribution in [0.4, 0.5) is 10.1 Å². The number of phenols is 1. The summed E-state index contributed by atoms with van der Waals surface area (Å²) in [5, 5.41) is 18.3. The highest BCUT2D eigenvalue weighted by Crippen LogP contribution is 2.36. The molecule has 0 aliphatic carbocycles. The summed E-state index contributed by atoms with van der Waals surface area (Å²) in [6.45, 7) is 4.33. The van der Waals surface area contributed by atoms with E-state index in [9.17, 15) is 9.90 Å². The Morgan fingerprint density at radius 3 is 2.63 bits per heavy atom. The molecule has 0 spiro atoms. The Balaban J connectivity index is 1.53.